The number of hydrogen-bond acceptors (Lipinski definition) is 4. The molecule has 19 heavy (non-hydrogen) atoms. The molecule has 1 aliphatic rings. The van der Waals surface area contributed by atoms with Gasteiger partial charge in [-0.15, -0.1) is 11.3 Å². The highest BCUT2D eigenvalue weighted by molar-refractivity contribution is 7.09. The number of aromatic nitrogens is 1. The molecular formula is C15H27N3S. The zero-order chi connectivity index (χ0) is 13.7. The van der Waals surface area contributed by atoms with E-state index in [1.807, 2.05) is 11.7 Å². The third kappa shape index (κ3) is 3.36. The predicted octanol–water partition coefficient (Wildman–Crippen LogP) is 3.28. The number of thiazole rings is 1. The maximum Gasteiger partial charge on any atom is 0.0794 e. The zero-order valence-corrected chi connectivity index (χ0v) is 13.3. The number of piperazine rings is 1. The molecule has 0 amide bonds. The fourth-order valence-corrected chi connectivity index (χ4v) is 3.81. The summed E-state index contributed by atoms with van der Waals surface area (Å²) in [5.41, 5.74) is 2.27. The molecule has 0 aromatic carbocycles. The molecule has 1 fully saturated rings. The van der Waals surface area contributed by atoms with Gasteiger partial charge in [-0.05, 0) is 19.3 Å². The van der Waals surface area contributed by atoms with Crippen molar-refractivity contribution in [1.82, 2.24) is 15.2 Å². The molecule has 4 heteroatoms. The molecule has 1 unspecified atom stereocenters. The highest BCUT2D eigenvalue weighted by Gasteiger charge is 2.38. The van der Waals surface area contributed by atoms with Gasteiger partial charge in [-0.3, -0.25) is 9.88 Å². The second-order valence-corrected chi connectivity index (χ2v) is 6.62. The summed E-state index contributed by atoms with van der Waals surface area (Å²) >= 11 is 1.78. The summed E-state index contributed by atoms with van der Waals surface area (Å²) in [5.74, 6) is 0. The third-order valence-corrected chi connectivity index (χ3v) is 5.38. The molecule has 1 aromatic rings. The van der Waals surface area contributed by atoms with E-state index in [0.29, 0.717) is 11.6 Å². The smallest absolute Gasteiger partial charge is 0.0794 e. The van der Waals surface area contributed by atoms with Crippen LogP contribution in [0.25, 0.3) is 0 Å². The second kappa shape index (κ2) is 6.82. The van der Waals surface area contributed by atoms with Crippen LogP contribution in [0, 0.1) is 0 Å². The zero-order valence-electron chi connectivity index (χ0n) is 12.5. The summed E-state index contributed by atoms with van der Waals surface area (Å²) in [6.45, 7) is 10.3. The molecule has 0 saturated carbocycles. The van der Waals surface area contributed by atoms with Gasteiger partial charge in [-0.2, -0.15) is 0 Å². The number of hydrogen-bond donors (Lipinski definition) is 1. The van der Waals surface area contributed by atoms with E-state index >= 15 is 0 Å². The van der Waals surface area contributed by atoms with E-state index in [4.69, 9.17) is 0 Å². The van der Waals surface area contributed by atoms with E-state index in [9.17, 15) is 0 Å². The molecule has 2 heterocycles. The van der Waals surface area contributed by atoms with Crippen LogP contribution in [-0.2, 0) is 6.54 Å². The molecule has 1 aromatic heterocycles. The van der Waals surface area contributed by atoms with Gasteiger partial charge >= 0.3 is 0 Å². The van der Waals surface area contributed by atoms with Gasteiger partial charge < -0.3 is 5.32 Å². The predicted molar refractivity (Wildman–Crippen MR) is 82.5 cm³/mol. The number of nitrogens with zero attached hydrogens (tertiary/aromatic N) is 2. The van der Waals surface area contributed by atoms with E-state index in [1.54, 1.807) is 11.3 Å². The first-order valence-electron chi connectivity index (χ1n) is 7.60. The molecule has 1 aliphatic heterocycles. The summed E-state index contributed by atoms with van der Waals surface area (Å²) in [6.07, 6.45) is 7.00. The maximum absolute atomic E-state index is 4.22. The molecule has 0 radical (unpaired) electrons. The lowest BCUT2D eigenvalue weighted by Gasteiger charge is -2.49. The van der Waals surface area contributed by atoms with Gasteiger partial charge in [0.15, 0.2) is 0 Å². The molecule has 0 aliphatic carbocycles. The molecule has 1 saturated heterocycles. The van der Waals surface area contributed by atoms with Crippen molar-refractivity contribution in [2.24, 2.45) is 0 Å². The van der Waals surface area contributed by atoms with Gasteiger partial charge in [0, 0.05) is 42.3 Å². The molecule has 108 valence electrons. The summed E-state index contributed by atoms with van der Waals surface area (Å²) in [5, 5.41) is 3.77. The molecule has 3 nitrogen and oxygen atoms in total. The Morgan fingerprint density at radius 1 is 1.42 bits per heavy atom. The summed E-state index contributed by atoms with van der Waals surface area (Å²) in [7, 11) is 0. The van der Waals surface area contributed by atoms with Crippen LogP contribution in [0.15, 0.2) is 11.7 Å². The van der Waals surface area contributed by atoms with E-state index in [0.717, 1.165) is 13.1 Å². The van der Waals surface area contributed by atoms with Crippen molar-refractivity contribution in [1.29, 1.82) is 0 Å². The van der Waals surface area contributed by atoms with Gasteiger partial charge in [0.05, 0.1) is 5.51 Å². The van der Waals surface area contributed by atoms with E-state index in [-0.39, 0.29) is 0 Å². The number of nitrogens with one attached hydrogen (secondary N) is 1. The molecule has 2 rings (SSSR count). The van der Waals surface area contributed by atoms with Crippen molar-refractivity contribution in [3.05, 3.63) is 16.6 Å². The van der Waals surface area contributed by atoms with Crippen LogP contribution in [0.5, 0.6) is 0 Å². The van der Waals surface area contributed by atoms with Crippen molar-refractivity contribution in [2.75, 3.05) is 13.1 Å². The average molecular weight is 281 g/mol. The highest BCUT2D eigenvalue weighted by atomic mass is 32.1. The fourth-order valence-electron chi connectivity index (χ4n) is 3.20. The van der Waals surface area contributed by atoms with Gasteiger partial charge in [-0.1, -0.05) is 27.2 Å². The Bertz CT molecular complexity index is 359. The van der Waals surface area contributed by atoms with Crippen LogP contribution in [0.4, 0.5) is 0 Å². The first-order chi connectivity index (χ1) is 9.24. The van der Waals surface area contributed by atoms with E-state index in [1.165, 1.54) is 37.1 Å². The third-order valence-electron chi connectivity index (χ3n) is 4.61. The first-order valence-corrected chi connectivity index (χ1v) is 8.47. The Kier molecular flexibility index (Phi) is 5.37. The normalized spacial score (nSPS) is 23.6. The summed E-state index contributed by atoms with van der Waals surface area (Å²) < 4.78 is 0. The highest BCUT2D eigenvalue weighted by Crippen LogP contribution is 2.30. The Labute approximate surface area is 121 Å². The Hall–Kier alpha value is -0.450. The van der Waals surface area contributed by atoms with Crippen LogP contribution < -0.4 is 5.32 Å². The lowest BCUT2D eigenvalue weighted by molar-refractivity contribution is 0.0235. The lowest BCUT2D eigenvalue weighted by Crippen LogP contribution is -2.63. The summed E-state index contributed by atoms with van der Waals surface area (Å²) in [6, 6.07) is 0.657. The minimum Gasteiger partial charge on any atom is -0.311 e. The van der Waals surface area contributed by atoms with Crippen LogP contribution in [0.3, 0.4) is 0 Å². The van der Waals surface area contributed by atoms with Crippen LogP contribution >= 0.6 is 11.3 Å². The van der Waals surface area contributed by atoms with Gasteiger partial charge in [0.2, 0.25) is 0 Å². The largest absolute Gasteiger partial charge is 0.311 e. The number of rotatable bonds is 6. The SMILES string of the molecule is CCCC1CN(Cc2cncs2)C(CC)(CC)CN1. The minimum absolute atomic E-state index is 0.328. The van der Waals surface area contributed by atoms with Crippen molar-refractivity contribution in [3.63, 3.8) is 0 Å². The standard InChI is InChI=1S/C15H27N3S/c1-4-7-13-9-18(10-14-8-16-12-19-14)15(5-2,6-3)11-17-13/h8,12-13,17H,4-7,9-11H2,1-3H3. The molecule has 0 spiro atoms. The van der Waals surface area contributed by atoms with Crippen molar-refractivity contribution < 1.29 is 0 Å². The Balaban J connectivity index is 2.10. The quantitative estimate of drug-likeness (QED) is 0.867. The second-order valence-electron chi connectivity index (χ2n) is 5.65. The van der Waals surface area contributed by atoms with Crippen molar-refractivity contribution in [3.8, 4) is 0 Å². The Morgan fingerprint density at radius 2 is 2.21 bits per heavy atom. The topological polar surface area (TPSA) is 28.2 Å². The molecular weight excluding hydrogens is 254 g/mol. The molecule has 1 atom stereocenters. The lowest BCUT2D eigenvalue weighted by atomic mass is 9.86. The Morgan fingerprint density at radius 3 is 2.79 bits per heavy atom. The average Bonchev–Trinajstić information content (AvgIpc) is 2.93. The molecule has 1 N–H and O–H groups in total. The summed E-state index contributed by atoms with van der Waals surface area (Å²) in [4.78, 5) is 8.32. The van der Waals surface area contributed by atoms with Crippen molar-refractivity contribution in [2.45, 2.75) is 64.6 Å². The van der Waals surface area contributed by atoms with Gasteiger partial charge in [0.25, 0.3) is 0 Å². The first kappa shape index (κ1) is 14.9. The monoisotopic (exact) mass is 281 g/mol. The van der Waals surface area contributed by atoms with Gasteiger partial charge in [-0.25, -0.2) is 0 Å². The van der Waals surface area contributed by atoms with E-state index < -0.39 is 0 Å². The van der Waals surface area contributed by atoms with Crippen LogP contribution in [0.1, 0.15) is 51.3 Å². The van der Waals surface area contributed by atoms with Crippen molar-refractivity contribution >= 4 is 11.3 Å². The fraction of sp³-hybridized carbons (Fsp3) is 0.800. The van der Waals surface area contributed by atoms with E-state index in [2.05, 4.69) is 36.0 Å². The molecule has 0 bridgehead atoms. The van der Waals surface area contributed by atoms with Crippen LogP contribution in [0.2, 0.25) is 0 Å². The van der Waals surface area contributed by atoms with Crippen LogP contribution in [-0.4, -0.2) is 34.6 Å². The minimum atomic E-state index is 0.328. The maximum atomic E-state index is 4.22. The van der Waals surface area contributed by atoms with Gasteiger partial charge in [0.1, 0.15) is 0 Å².